The van der Waals surface area contributed by atoms with Crippen molar-refractivity contribution in [3.8, 4) is 11.3 Å². The van der Waals surface area contributed by atoms with Crippen molar-refractivity contribution in [2.24, 2.45) is 0 Å². The van der Waals surface area contributed by atoms with E-state index >= 15 is 0 Å². The first-order valence-corrected chi connectivity index (χ1v) is 7.97. The van der Waals surface area contributed by atoms with Gasteiger partial charge < -0.3 is 14.8 Å². The lowest BCUT2D eigenvalue weighted by Gasteiger charge is -2.04. The number of carbonyl (C=O) groups is 2. The molecule has 3 aromatic rings. The molecule has 132 valence electrons. The largest absolute Gasteiger partial charge is 0.478 e. The molecule has 0 aliphatic heterocycles. The highest BCUT2D eigenvalue weighted by Gasteiger charge is 2.13. The lowest BCUT2D eigenvalue weighted by Crippen LogP contribution is -2.22. The van der Waals surface area contributed by atoms with Crippen LogP contribution in [-0.2, 0) is 6.54 Å². The van der Waals surface area contributed by atoms with E-state index in [0.717, 1.165) is 5.56 Å². The van der Waals surface area contributed by atoms with Crippen LogP contribution in [0.5, 0.6) is 0 Å². The Morgan fingerprint density at radius 2 is 1.81 bits per heavy atom. The molecule has 0 fully saturated rings. The Morgan fingerprint density at radius 3 is 2.46 bits per heavy atom. The predicted molar refractivity (Wildman–Crippen MR) is 93.7 cm³/mol. The monoisotopic (exact) mass is 373 g/mol. The molecule has 0 aliphatic carbocycles. The number of benzene rings is 2. The van der Waals surface area contributed by atoms with Crippen LogP contribution >= 0.6 is 11.6 Å². The van der Waals surface area contributed by atoms with Crippen molar-refractivity contribution in [1.29, 1.82) is 0 Å². The van der Waals surface area contributed by atoms with Gasteiger partial charge in [-0.3, -0.25) is 4.79 Å². The van der Waals surface area contributed by atoms with Gasteiger partial charge in [-0.15, -0.1) is 0 Å². The van der Waals surface area contributed by atoms with Gasteiger partial charge in [0.05, 0.1) is 10.6 Å². The number of carboxylic acids is 1. The number of furan rings is 1. The van der Waals surface area contributed by atoms with Crippen LogP contribution in [0.2, 0.25) is 5.02 Å². The van der Waals surface area contributed by atoms with E-state index < -0.39 is 17.7 Å². The van der Waals surface area contributed by atoms with Crippen LogP contribution < -0.4 is 5.32 Å². The van der Waals surface area contributed by atoms with Crippen LogP contribution in [0.25, 0.3) is 11.3 Å². The van der Waals surface area contributed by atoms with Crippen molar-refractivity contribution in [1.82, 2.24) is 5.32 Å². The minimum Gasteiger partial charge on any atom is -0.478 e. The van der Waals surface area contributed by atoms with E-state index in [0.29, 0.717) is 11.3 Å². The molecule has 7 heteroatoms. The molecule has 2 aromatic carbocycles. The summed E-state index contributed by atoms with van der Waals surface area (Å²) in [5.74, 6) is -1.48. The second kappa shape index (κ2) is 7.41. The number of aromatic carboxylic acids is 1. The van der Waals surface area contributed by atoms with Gasteiger partial charge in [0.25, 0.3) is 5.91 Å². The first-order chi connectivity index (χ1) is 12.4. The van der Waals surface area contributed by atoms with Crippen molar-refractivity contribution >= 4 is 23.5 Å². The topological polar surface area (TPSA) is 79.5 Å². The van der Waals surface area contributed by atoms with Gasteiger partial charge in [0.15, 0.2) is 5.76 Å². The number of halogens is 2. The third-order valence-electron chi connectivity index (χ3n) is 3.69. The highest BCUT2D eigenvalue weighted by molar-refractivity contribution is 6.31. The summed E-state index contributed by atoms with van der Waals surface area (Å²) < 4.78 is 18.7. The molecule has 0 bridgehead atoms. The van der Waals surface area contributed by atoms with Crippen molar-refractivity contribution in [2.75, 3.05) is 0 Å². The summed E-state index contributed by atoms with van der Waals surface area (Å²) in [6.07, 6.45) is 0. The highest BCUT2D eigenvalue weighted by Crippen LogP contribution is 2.26. The standard InChI is InChI=1S/C19H13ClFNO4/c20-14-9-13(5-6-15(14)21)16-7-8-17(26-16)18(23)22-10-11-1-3-12(4-2-11)19(24)25/h1-9H,10H2,(H,22,23)(H,24,25). The Kier molecular flexibility index (Phi) is 5.04. The molecule has 0 atom stereocenters. The molecule has 1 heterocycles. The number of carboxylic acid groups (broad SMARTS) is 1. The van der Waals surface area contributed by atoms with Gasteiger partial charge in [0.2, 0.25) is 0 Å². The van der Waals surface area contributed by atoms with Crippen LogP contribution in [0.1, 0.15) is 26.5 Å². The molecule has 26 heavy (non-hydrogen) atoms. The van der Waals surface area contributed by atoms with Crippen molar-refractivity contribution in [3.63, 3.8) is 0 Å². The molecule has 1 amide bonds. The van der Waals surface area contributed by atoms with Gasteiger partial charge in [0.1, 0.15) is 11.6 Å². The lowest BCUT2D eigenvalue weighted by atomic mass is 10.1. The number of carbonyl (C=O) groups excluding carboxylic acids is 1. The molecule has 2 N–H and O–H groups in total. The number of hydrogen-bond donors (Lipinski definition) is 2. The minimum absolute atomic E-state index is 0.0327. The van der Waals surface area contributed by atoms with Crippen LogP contribution in [0.3, 0.4) is 0 Å². The molecule has 0 aliphatic rings. The summed E-state index contributed by atoms with van der Waals surface area (Å²) in [6, 6.07) is 13.4. The predicted octanol–water partition coefficient (Wildman–Crippen LogP) is 4.37. The van der Waals surface area contributed by atoms with Crippen LogP contribution in [0.4, 0.5) is 4.39 Å². The Hall–Kier alpha value is -3.12. The smallest absolute Gasteiger partial charge is 0.335 e. The molecule has 0 saturated carbocycles. The lowest BCUT2D eigenvalue weighted by molar-refractivity contribution is 0.0696. The summed E-state index contributed by atoms with van der Waals surface area (Å²) in [7, 11) is 0. The summed E-state index contributed by atoms with van der Waals surface area (Å²) in [6.45, 7) is 0.219. The second-order valence-electron chi connectivity index (χ2n) is 5.48. The van der Waals surface area contributed by atoms with E-state index in [1.807, 2.05) is 0 Å². The van der Waals surface area contributed by atoms with E-state index in [1.54, 1.807) is 18.2 Å². The average Bonchev–Trinajstić information content (AvgIpc) is 3.12. The molecule has 0 spiro atoms. The quantitative estimate of drug-likeness (QED) is 0.696. The van der Waals surface area contributed by atoms with Gasteiger partial charge in [-0.1, -0.05) is 23.7 Å². The van der Waals surface area contributed by atoms with Crippen LogP contribution in [-0.4, -0.2) is 17.0 Å². The maximum Gasteiger partial charge on any atom is 0.335 e. The molecule has 1 aromatic heterocycles. The molecular weight excluding hydrogens is 361 g/mol. The highest BCUT2D eigenvalue weighted by atomic mass is 35.5. The van der Waals surface area contributed by atoms with Crippen molar-refractivity contribution in [2.45, 2.75) is 6.54 Å². The van der Waals surface area contributed by atoms with E-state index in [4.69, 9.17) is 21.1 Å². The fraction of sp³-hybridized carbons (Fsp3) is 0.0526. The Bertz CT molecular complexity index is 966. The Labute approximate surface area is 153 Å². The Balaban J connectivity index is 1.66. The van der Waals surface area contributed by atoms with Gasteiger partial charge in [-0.25, -0.2) is 9.18 Å². The van der Waals surface area contributed by atoms with Crippen LogP contribution in [0.15, 0.2) is 59.0 Å². The van der Waals surface area contributed by atoms with E-state index in [2.05, 4.69) is 5.32 Å². The van der Waals surface area contributed by atoms with E-state index in [1.165, 1.54) is 36.4 Å². The fourth-order valence-corrected chi connectivity index (χ4v) is 2.48. The van der Waals surface area contributed by atoms with Crippen molar-refractivity contribution in [3.05, 3.63) is 82.3 Å². The summed E-state index contributed by atoms with van der Waals surface area (Å²) in [4.78, 5) is 23.0. The zero-order chi connectivity index (χ0) is 18.7. The normalized spacial score (nSPS) is 10.5. The number of hydrogen-bond acceptors (Lipinski definition) is 3. The van der Waals surface area contributed by atoms with Gasteiger partial charge in [0, 0.05) is 12.1 Å². The molecule has 0 saturated heterocycles. The van der Waals surface area contributed by atoms with E-state index in [9.17, 15) is 14.0 Å². The van der Waals surface area contributed by atoms with Crippen molar-refractivity contribution < 1.29 is 23.5 Å². The second-order valence-corrected chi connectivity index (χ2v) is 5.88. The maximum atomic E-state index is 13.2. The molecule has 0 radical (unpaired) electrons. The number of amides is 1. The van der Waals surface area contributed by atoms with Gasteiger partial charge >= 0.3 is 5.97 Å². The molecule has 5 nitrogen and oxygen atoms in total. The summed E-state index contributed by atoms with van der Waals surface area (Å²) >= 11 is 5.75. The summed E-state index contributed by atoms with van der Waals surface area (Å²) in [5, 5.41) is 11.5. The fourth-order valence-electron chi connectivity index (χ4n) is 2.30. The Morgan fingerprint density at radius 1 is 1.08 bits per heavy atom. The number of nitrogens with one attached hydrogen (secondary N) is 1. The van der Waals surface area contributed by atoms with Gasteiger partial charge in [-0.05, 0) is 48.0 Å². The minimum atomic E-state index is -1.01. The van der Waals surface area contributed by atoms with Gasteiger partial charge in [-0.2, -0.15) is 0 Å². The SMILES string of the molecule is O=C(O)c1ccc(CNC(=O)c2ccc(-c3ccc(F)c(Cl)c3)o2)cc1. The zero-order valence-corrected chi connectivity index (χ0v) is 14.1. The first-order valence-electron chi connectivity index (χ1n) is 7.60. The third-order valence-corrected chi connectivity index (χ3v) is 3.98. The third kappa shape index (κ3) is 3.92. The van der Waals surface area contributed by atoms with Crippen LogP contribution in [0, 0.1) is 5.82 Å². The average molecular weight is 374 g/mol. The maximum absolute atomic E-state index is 13.2. The number of rotatable bonds is 5. The molecular formula is C19H13ClFNO4. The first kappa shape index (κ1) is 17.7. The molecule has 0 unspecified atom stereocenters. The van der Waals surface area contributed by atoms with E-state index in [-0.39, 0.29) is 22.9 Å². The summed E-state index contributed by atoms with van der Waals surface area (Å²) in [5.41, 5.74) is 1.48. The molecule has 3 rings (SSSR count). The zero-order valence-electron chi connectivity index (χ0n) is 13.3.